The first kappa shape index (κ1) is 19.2. The summed E-state index contributed by atoms with van der Waals surface area (Å²) < 4.78 is 5.15. The Balaban J connectivity index is 1.53. The predicted octanol–water partition coefficient (Wildman–Crippen LogP) is 1.66. The van der Waals surface area contributed by atoms with Crippen LogP contribution in [0.3, 0.4) is 0 Å². The van der Waals surface area contributed by atoms with E-state index in [9.17, 15) is 14.4 Å². The van der Waals surface area contributed by atoms with E-state index in [2.05, 4.69) is 0 Å². The number of ether oxygens (including phenoxy) is 1. The zero-order chi connectivity index (χ0) is 19.4. The third-order valence-electron chi connectivity index (χ3n) is 5.28. The van der Waals surface area contributed by atoms with Gasteiger partial charge in [-0.15, -0.1) is 0 Å². The summed E-state index contributed by atoms with van der Waals surface area (Å²) in [6, 6.07) is 7.31. The Morgan fingerprint density at radius 1 is 1.19 bits per heavy atom. The fourth-order valence-corrected chi connectivity index (χ4v) is 3.70. The van der Waals surface area contributed by atoms with E-state index in [4.69, 9.17) is 4.74 Å². The first-order valence-electron chi connectivity index (χ1n) is 9.51. The van der Waals surface area contributed by atoms with Crippen molar-refractivity contribution < 1.29 is 19.1 Å². The van der Waals surface area contributed by atoms with Gasteiger partial charge in [0.2, 0.25) is 17.7 Å². The number of carbonyl (C=O) groups is 3. The normalized spacial score (nSPS) is 20.4. The second kappa shape index (κ2) is 8.41. The van der Waals surface area contributed by atoms with Gasteiger partial charge in [-0.2, -0.15) is 0 Å². The van der Waals surface area contributed by atoms with Gasteiger partial charge < -0.3 is 19.4 Å². The van der Waals surface area contributed by atoms with E-state index in [1.165, 1.54) is 0 Å². The van der Waals surface area contributed by atoms with Crippen LogP contribution in [0.5, 0.6) is 5.75 Å². The average molecular weight is 373 g/mol. The minimum absolute atomic E-state index is 0.0168. The maximum Gasteiger partial charge on any atom is 0.246 e. The molecule has 2 aliphatic rings. The molecule has 1 atom stereocenters. The lowest BCUT2D eigenvalue weighted by Gasteiger charge is -2.39. The first-order chi connectivity index (χ1) is 13.0. The molecule has 146 valence electrons. The SMILES string of the molecule is COc1ccc(N2C[C@H](C)N(C(=O)CCCN3CCCC3=O)CC2=O)cc1. The molecule has 2 aliphatic heterocycles. The second-order valence-corrected chi connectivity index (χ2v) is 7.16. The number of benzene rings is 1. The number of likely N-dealkylation sites (tertiary alicyclic amines) is 1. The Bertz CT molecular complexity index is 704. The van der Waals surface area contributed by atoms with Crippen LogP contribution in [-0.2, 0) is 14.4 Å². The lowest BCUT2D eigenvalue weighted by atomic mass is 10.1. The van der Waals surface area contributed by atoms with E-state index >= 15 is 0 Å². The molecule has 1 aromatic rings. The summed E-state index contributed by atoms with van der Waals surface area (Å²) >= 11 is 0. The van der Waals surface area contributed by atoms with Crippen molar-refractivity contribution in [3.63, 3.8) is 0 Å². The number of piperazine rings is 1. The second-order valence-electron chi connectivity index (χ2n) is 7.16. The monoisotopic (exact) mass is 373 g/mol. The number of amides is 3. The summed E-state index contributed by atoms with van der Waals surface area (Å²) in [7, 11) is 1.60. The number of nitrogens with zero attached hydrogens (tertiary/aromatic N) is 3. The summed E-state index contributed by atoms with van der Waals surface area (Å²) in [5.41, 5.74) is 0.812. The minimum Gasteiger partial charge on any atom is -0.497 e. The van der Waals surface area contributed by atoms with Crippen molar-refractivity contribution in [2.75, 3.05) is 38.2 Å². The predicted molar refractivity (Wildman–Crippen MR) is 102 cm³/mol. The number of hydrogen-bond donors (Lipinski definition) is 0. The molecule has 0 spiro atoms. The minimum atomic E-state index is -0.0821. The Hall–Kier alpha value is -2.57. The number of rotatable bonds is 6. The molecule has 1 aromatic carbocycles. The largest absolute Gasteiger partial charge is 0.497 e. The molecule has 2 heterocycles. The highest BCUT2D eigenvalue weighted by molar-refractivity contribution is 5.98. The number of hydrogen-bond acceptors (Lipinski definition) is 4. The highest BCUT2D eigenvalue weighted by Gasteiger charge is 2.33. The van der Waals surface area contributed by atoms with Crippen LogP contribution in [0.25, 0.3) is 0 Å². The third kappa shape index (κ3) is 4.40. The van der Waals surface area contributed by atoms with E-state index in [1.54, 1.807) is 16.9 Å². The molecule has 2 fully saturated rings. The molecule has 0 bridgehead atoms. The quantitative estimate of drug-likeness (QED) is 0.760. The van der Waals surface area contributed by atoms with E-state index in [-0.39, 0.29) is 30.3 Å². The van der Waals surface area contributed by atoms with Gasteiger partial charge in [0.05, 0.1) is 7.11 Å². The third-order valence-corrected chi connectivity index (χ3v) is 5.28. The van der Waals surface area contributed by atoms with Gasteiger partial charge in [0, 0.05) is 44.2 Å². The summed E-state index contributed by atoms with van der Waals surface area (Å²) in [4.78, 5) is 42.0. The number of carbonyl (C=O) groups excluding carboxylic acids is 3. The highest BCUT2D eigenvalue weighted by Crippen LogP contribution is 2.23. The molecule has 7 nitrogen and oxygen atoms in total. The Morgan fingerprint density at radius 2 is 1.93 bits per heavy atom. The van der Waals surface area contributed by atoms with E-state index in [0.29, 0.717) is 32.4 Å². The van der Waals surface area contributed by atoms with Gasteiger partial charge in [0.1, 0.15) is 12.3 Å². The van der Waals surface area contributed by atoms with Crippen molar-refractivity contribution in [3.8, 4) is 5.75 Å². The van der Waals surface area contributed by atoms with Crippen molar-refractivity contribution in [1.82, 2.24) is 9.80 Å². The van der Waals surface area contributed by atoms with Gasteiger partial charge in [-0.1, -0.05) is 0 Å². The first-order valence-corrected chi connectivity index (χ1v) is 9.51. The van der Waals surface area contributed by atoms with Crippen LogP contribution >= 0.6 is 0 Å². The zero-order valence-corrected chi connectivity index (χ0v) is 16.0. The standard InChI is InChI=1S/C20H27N3O4/c1-15-13-23(16-7-9-17(27-2)10-8-16)20(26)14-22(15)19(25)6-4-12-21-11-3-5-18(21)24/h7-10,15H,3-6,11-14H2,1-2H3/t15-/m0/s1. The molecule has 0 radical (unpaired) electrons. The van der Waals surface area contributed by atoms with Gasteiger partial charge in [-0.3, -0.25) is 14.4 Å². The molecule has 0 aliphatic carbocycles. The Labute approximate surface area is 159 Å². The average Bonchev–Trinajstić information content (AvgIpc) is 3.08. The summed E-state index contributed by atoms with van der Waals surface area (Å²) in [6.07, 6.45) is 2.53. The van der Waals surface area contributed by atoms with Crippen LogP contribution < -0.4 is 9.64 Å². The maximum atomic E-state index is 12.6. The van der Waals surface area contributed by atoms with Crippen LogP contribution in [0, 0.1) is 0 Å². The molecule has 3 amide bonds. The molecule has 0 saturated carbocycles. The van der Waals surface area contributed by atoms with Crippen LogP contribution in [0.15, 0.2) is 24.3 Å². The van der Waals surface area contributed by atoms with Crippen LogP contribution in [0.2, 0.25) is 0 Å². The summed E-state index contributed by atoms with van der Waals surface area (Å²) in [6.45, 7) is 3.95. The fourth-order valence-electron chi connectivity index (χ4n) is 3.70. The topological polar surface area (TPSA) is 70.2 Å². The Morgan fingerprint density at radius 3 is 2.56 bits per heavy atom. The van der Waals surface area contributed by atoms with Crippen molar-refractivity contribution in [3.05, 3.63) is 24.3 Å². The van der Waals surface area contributed by atoms with Crippen LogP contribution in [-0.4, -0.2) is 66.9 Å². The van der Waals surface area contributed by atoms with Crippen molar-refractivity contribution in [2.24, 2.45) is 0 Å². The van der Waals surface area contributed by atoms with Gasteiger partial charge >= 0.3 is 0 Å². The molecule has 0 N–H and O–H groups in total. The molecule has 2 saturated heterocycles. The van der Waals surface area contributed by atoms with E-state index in [0.717, 1.165) is 24.4 Å². The van der Waals surface area contributed by atoms with E-state index < -0.39 is 0 Å². The lowest BCUT2D eigenvalue weighted by molar-refractivity contribution is -0.139. The molecular weight excluding hydrogens is 346 g/mol. The van der Waals surface area contributed by atoms with Gasteiger partial charge in [0.25, 0.3) is 0 Å². The fraction of sp³-hybridized carbons (Fsp3) is 0.550. The van der Waals surface area contributed by atoms with Gasteiger partial charge in [-0.05, 0) is 44.0 Å². The van der Waals surface area contributed by atoms with Gasteiger partial charge in [0.15, 0.2) is 0 Å². The van der Waals surface area contributed by atoms with Crippen molar-refractivity contribution in [1.29, 1.82) is 0 Å². The number of anilines is 1. The summed E-state index contributed by atoms with van der Waals surface area (Å²) in [5, 5.41) is 0. The zero-order valence-electron chi connectivity index (χ0n) is 16.0. The Kier molecular flexibility index (Phi) is 5.98. The molecule has 3 rings (SSSR count). The van der Waals surface area contributed by atoms with Gasteiger partial charge in [-0.25, -0.2) is 0 Å². The van der Waals surface area contributed by atoms with E-state index in [1.807, 2.05) is 36.1 Å². The molecule has 0 aromatic heterocycles. The molecule has 27 heavy (non-hydrogen) atoms. The van der Waals surface area contributed by atoms with Crippen LogP contribution in [0.4, 0.5) is 5.69 Å². The molecular formula is C20H27N3O4. The molecule has 0 unspecified atom stereocenters. The lowest BCUT2D eigenvalue weighted by Crippen LogP contribution is -2.57. The van der Waals surface area contributed by atoms with Crippen molar-refractivity contribution in [2.45, 2.75) is 38.6 Å². The number of methoxy groups -OCH3 is 1. The summed E-state index contributed by atoms with van der Waals surface area (Å²) in [5.74, 6) is 0.821. The van der Waals surface area contributed by atoms with Crippen LogP contribution in [0.1, 0.15) is 32.6 Å². The smallest absolute Gasteiger partial charge is 0.246 e. The highest BCUT2D eigenvalue weighted by atomic mass is 16.5. The maximum absolute atomic E-state index is 12.6. The molecule has 7 heteroatoms. The van der Waals surface area contributed by atoms with Crippen molar-refractivity contribution >= 4 is 23.4 Å².